The number of hydrogen-bond acceptors (Lipinski definition) is 3. The molecule has 2 rings (SSSR count). The second-order valence-electron chi connectivity index (χ2n) is 4.52. The zero-order chi connectivity index (χ0) is 10.9. The molecule has 0 aliphatic heterocycles. The summed E-state index contributed by atoms with van der Waals surface area (Å²) in [6.45, 7) is 6.35. The lowest BCUT2D eigenvalue weighted by Gasteiger charge is -2.19. The summed E-state index contributed by atoms with van der Waals surface area (Å²) in [4.78, 5) is 1.21. The monoisotopic (exact) mass is 221 g/mol. The van der Waals surface area contributed by atoms with Crippen molar-refractivity contribution in [2.45, 2.75) is 26.3 Å². The Kier molecular flexibility index (Phi) is 2.52. The van der Waals surface area contributed by atoms with E-state index in [9.17, 15) is 0 Å². The molecule has 0 bridgehead atoms. The van der Waals surface area contributed by atoms with E-state index in [2.05, 4.69) is 47.7 Å². The first-order valence-electron chi connectivity index (χ1n) is 4.92. The molecule has 2 N–H and O–H groups in total. The molecule has 4 heteroatoms. The van der Waals surface area contributed by atoms with E-state index in [4.69, 9.17) is 0 Å². The maximum Gasteiger partial charge on any atom is 0.148 e. The fourth-order valence-corrected chi connectivity index (χ4v) is 2.02. The molecule has 0 saturated heterocycles. The van der Waals surface area contributed by atoms with Crippen molar-refractivity contribution in [3.8, 4) is 10.6 Å². The SMILES string of the molecule is CC(C)(C)Nc1cc(-c2cccs2)[nH]n1. The molecule has 0 fully saturated rings. The lowest BCUT2D eigenvalue weighted by atomic mass is 10.1. The van der Waals surface area contributed by atoms with Crippen molar-refractivity contribution < 1.29 is 0 Å². The molecule has 0 aromatic carbocycles. The fourth-order valence-electron chi connectivity index (χ4n) is 1.33. The summed E-state index contributed by atoms with van der Waals surface area (Å²) < 4.78 is 0. The minimum atomic E-state index is 0.0436. The summed E-state index contributed by atoms with van der Waals surface area (Å²) in [7, 11) is 0. The predicted molar refractivity (Wildman–Crippen MR) is 65.3 cm³/mol. The summed E-state index contributed by atoms with van der Waals surface area (Å²) in [6.07, 6.45) is 0. The molecule has 2 aromatic heterocycles. The summed E-state index contributed by atoms with van der Waals surface area (Å²) in [5.41, 5.74) is 1.11. The first-order chi connectivity index (χ1) is 7.04. The van der Waals surface area contributed by atoms with E-state index in [1.54, 1.807) is 11.3 Å². The molecule has 15 heavy (non-hydrogen) atoms. The Morgan fingerprint density at radius 2 is 2.20 bits per heavy atom. The van der Waals surface area contributed by atoms with Gasteiger partial charge in [0.15, 0.2) is 0 Å². The number of rotatable bonds is 2. The Morgan fingerprint density at radius 3 is 2.80 bits per heavy atom. The maximum atomic E-state index is 4.23. The van der Waals surface area contributed by atoms with Gasteiger partial charge in [0.05, 0.1) is 10.6 Å². The van der Waals surface area contributed by atoms with Gasteiger partial charge in [-0.05, 0) is 32.2 Å². The van der Waals surface area contributed by atoms with Crippen molar-refractivity contribution >= 4 is 17.2 Å². The van der Waals surface area contributed by atoms with E-state index in [0.29, 0.717) is 0 Å². The minimum absolute atomic E-state index is 0.0436. The molecule has 2 aromatic rings. The average Bonchev–Trinajstić information content (AvgIpc) is 2.68. The van der Waals surface area contributed by atoms with E-state index in [0.717, 1.165) is 11.5 Å². The van der Waals surface area contributed by atoms with E-state index in [1.807, 2.05) is 12.1 Å². The van der Waals surface area contributed by atoms with Gasteiger partial charge in [-0.2, -0.15) is 5.10 Å². The highest BCUT2D eigenvalue weighted by Crippen LogP contribution is 2.25. The van der Waals surface area contributed by atoms with Crippen LogP contribution in [-0.4, -0.2) is 15.7 Å². The van der Waals surface area contributed by atoms with Crippen molar-refractivity contribution in [3.05, 3.63) is 23.6 Å². The van der Waals surface area contributed by atoms with Gasteiger partial charge < -0.3 is 5.32 Å². The van der Waals surface area contributed by atoms with Crippen LogP contribution in [-0.2, 0) is 0 Å². The van der Waals surface area contributed by atoms with Gasteiger partial charge in [-0.3, -0.25) is 5.10 Å². The van der Waals surface area contributed by atoms with Crippen LogP contribution in [0.4, 0.5) is 5.82 Å². The van der Waals surface area contributed by atoms with E-state index in [-0.39, 0.29) is 5.54 Å². The predicted octanol–water partition coefficient (Wildman–Crippen LogP) is 3.35. The third-order valence-electron chi connectivity index (χ3n) is 1.87. The van der Waals surface area contributed by atoms with Gasteiger partial charge in [-0.25, -0.2) is 0 Å². The second kappa shape index (κ2) is 3.70. The van der Waals surface area contributed by atoms with Crippen molar-refractivity contribution in [2.75, 3.05) is 5.32 Å². The summed E-state index contributed by atoms with van der Waals surface area (Å²) in [5.74, 6) is 0.894. The number of nitrogens with zero attached hydrogens (tertiary/aromatic N) is 1. The summed E-state index contributed by atoms with van der Waals surface area (Å²) >= 11 is 1.71. The lowest BCUT2D eigenvalue weighted by molar-refractivity contribution is 0.630. The lowest BCUT2D eigenvalue weighted by Crippen LogP contribution is -2.26. The number of aromatic amines is 1. The van der Waals surface area contributed by atoms with Gasteiger partial charge in [0, 0.05) is 11.6 Å². The third kappa shape index (κ3) is 2.59. The number of anilines is 1. The number of hydrogen-bond donors (Lipinski definition) is 2. The van der Waals surface area contributed by atoms with Crippen LogP contribution in [0.2, 0.25) is 0 Å². The molecular weight excluding hydrogens is 206 g/mol. The Balaban J connectivity index is 2.18. The van der Waals surface area contributed by atoms with Gasteiger partial charge in [0.1, 0.15) is 5.82 Å². The Hall–Kier alpha value is -1.29. The Morgan fingerprint density at radius 1 is 1.40 bits per heavy atom. The van der Waals surface area contributed by atoms with Crippen molar-refractivity contribution in [2.24, 2.45) is 0 Å². The third-order valence-corrected chi connectivity index (χ3v) is 2.77. The average molecular weight is 221 g/mol. The number of H-pyrrole nitrogens is 1. The van der Waals surface area contributed by atoms with Crippen LogP contribution in [0, 0.1) is 0 Å². The molecule has 0 saturated carbocycles. The largest absolute Gasteiger partial charge is 0.364 e. The van der Waals surface area contributed by atoms with Crippen LogP contribution in [0.15, 0.2) is 23.6 Å². The molecule has 2 heterocycles. The maximum absolute atomic E-state index is 4.23. The highest BCUT2D eigenvalue weighted by Gasteiger charge is 2.12. The summed E-state index contributed by atoms with van der Waals surface area (Å²) in [6, 6.07) is 6.16. The standard InChI is InChI=1S/C11H15N3S/c1-11(2,3)12-10-7-8(13-14-10)9-5-4-6-15-9/h4-7H,1-3H3,(H2,12,13,14). The molecule has 0 unspecified atom stereocenters. The molecule has 0 atom stereocenters. The Labute approximate surface area is 93.5 Å². The minimum Gasteiger partial charge on any atom is -0.364 e. The van der Waals surface area contributed by atoms with Crippen LogP contribution < -0.4 is 5.32 Å². The van der Waals surface area contributed by atoms with Gasteiger partial charge in [-0.15, -0.1) is 11.3 Å². The highest BCUT2D eigenvalue weighted by molar-refractivity contribution is 7.13. The molecule has 0 aliphatic carbocycles. The molecule has 0 radical (unpaired) electrons. The molecule has 3 nitrogen and oxygen atoms in total. The van der Waals surface area contributed by atoms with Crippen molar-refractivity contribution in [3.63, 3.8) is 0 Å². The Bertz CT molecular complexity index is 423. The van der Waals surface area contributed by atoms with Gasteiger partial charge in [-0.1, -0.05) is 6.07 Å². The topological polar surface area (TPSA) is 40.7 Å². The number of thiophene rings is 1. The van der Waals surface area contributed by atoms with Crippen molar-refractivity contribution in [1.82, 2.24) is 10.2 Å². The van der Waals surface area contributed by atoms with Crippen LogP contribution in [0.3, 0.4) is 0 Å². The van der Waals surface area contributed by atoms with E-state index >= 15 is 0 Å². The molecular formula is C11H15N3S. The van der Waals surface area contributed by atoms with Gasteiger partial charge >= 0.3 is 0 Å². The van der Waals surface area contributed by atoms with Crippen molar-refractivity contribution in [1.29, 1.82) is 0 Å². The van der Waals surface area contributed by atoms with Gasteiger partial charge in [0.25, 0.3) is 0 Å². The number of nitrogens with one attached hydrogen (secondary N) is 2. The second-order valence-corrected chi connectivity index (χ2v) is 5.47. The molecule has 0 amide bonds. The van der Waals surface area contributed by atoms with Gasteiger partial charge in [0.2, 0.25) is 0 Å². The first-order valence-corrected chi connectivity index (χ1v) is 5.80. The normalized spacial score (nSPS) is 11.7. The molecule has 0 spiro atoms. The smallest absolute Gasteiger partial charge is 0.148 e. The first kappa shape index (κ1) is 10.2. The highest BCUT2D eigenvalue weighted by atomic mass is 32.1. The zero-order valence-corrected chi connectivity index (χ0v) is 9.98. The van der Waals surface area contributed by atoms with Crippen LogP contribution in [0.5, 0.6) is 0 Å². The fraction of sp³-hybridized carbons (Fsp3) is 0.364. The van der Waals surface area contributed by atoms with E-state index < -0.39 is 0 Å². The zero-order valence-electron chi connectivity index (χ0n) is 9.16. The number of aromatic nitrogens is 2. The molecule has 80 valence electrons. The summed E-state index contributed by atoms with van der Waals surface area (Å²) in [5, 5.41) is 12.6. The van der Waals surface area contributed by atoms with Crippen LogP contribution in [0.1, 0.15) is 20.8 Å². The quantitative estimate of drug-likeness (QED) is 0.816. The van der Waals surface area contributed by atoms with Crippen LogP contribution in [0.25, 0.3) is 10.6 Å². The molecule has 0 aliphatic rings. The van der Waals surface area contributed by atoms with Crippen LogP contribution >= 0.6 is 11.3 Å². The van der Waals surface area contributed by atoms with E-state index in [1.165, 1.54) is 4.88 Å².